The molecule has 0 fully saturated rings. The minimum atomic E-state index is -0.926. The lowest BCUT2D eigenvalue weighted by Gasteiger charge is -2.03. The van der Waals surface area contributed by atoms with E-state index in [2.05, 4.69) is 6.92 Å². The average molecular weight is 173 g/mol. The molecule has 0 aliphatic rings. The number of hydrogen-bond acceptors (Lipinski definition) is 2. The Hall–Kier alpha value is -1.06. The highest BCUT2D eigenvalue weighted by molar-refractivity contribution is 5.70. The van der Waals surface area contributed by atoms with Crippen molar-refractivity contribution in [3.8, 4) is 0 Å². The summed E-state index contributed by atoms with van der Waals surface area (Å²) in [5, 5.41) is 16.7. The van der Waals surface area contributed by atoms with Crippen molar-refractivity contribution >= 4 is 11.9 Å². The molecule has 0 aromatic rings. The summed E-state index contributed by atoms with van der Waals surface area (Å²) < 4.78 is 0. The van der Waals surface area contributed by atoms with Crippen molar-refractivity contribution < 1.29 is 19.8 Å². The van der Waals surface area contributed by atoms with Gasteiger partial charge in [-0.25, -0.2) is 0 Å². The van der Waals surface area contributed by atoms with E-state index in [9.17, 15) is 9.59 Å². The molecule has 0 heterocycles. The van der Waals surface area contributed by atoms with Gasteiger partial charge in [0, 0.05) is 6.42 Å². The van der Waals surface area contributed by atoms with Gasteiger partial charge in [0.1, 0.15) is 0 Å². The van der Waals surface area contributed by atoms with Crippen LogP contribution in [-0.2, 0) is 9.59 Å². The van der Waals surface area contributed by atoms with Gasteiger partial charge in [-0.15, -0.1) is 0 Å². The molecule has 1 unspecified atom stereocenters. The highest BCUT2D eigenvalue weighted by Gasteiger charge is 2.09. The van der Waals surface area contributed by atoms with E-state index in [1.807, 2.05) is 0 Å². The fourth-order valence-electron chi connectivity index (χ4n) is 0.790. The predicted molar refractivity (Wildman–Crippen MR) is 42.6 cm³/mol. The van der Waals surface area contributed by atoms with Crippen LogP contribution in [0, 0.1) is 12.8 Å². The van der Waals surface area contributed by atoms with Crippen LogP contribution in [0.2, 0.25) is 0 Å². The molecule has 0 bridgehead atoms. The minimum Gasteiger partial charge on any atom is -0.481 e. The molecule has 0 amide bonds. The van der Waals surface area contributed by atoms with Crippen molar-refractivity contribution in [3.63, 3.8) is 0 Å². The van der Waals surface area contributed by atoms with Crippen molar-refractivity contribution in [2.45, 2.75) is 25.7 Å². The van der Waals surface area contributed by atoms with E-state index in [4.69, 9.17) is 10.2 Å². The first-order chi connectivity index (χ1) is 5.54. The van der Waals surface area contributed by atoms with Crippen LogP contribution < -0.4 is 0 Å². The van der Waals surface area contributed by atoms with Crippen LogP contribution in [0.15, 0.2) is 0 Å². The van der Waals surface area contributed by atoms with Crippen LogP contribution in [0.5, 0.6) is 0 Å². The Kier molecular flexibility index (Phi) is 5.08. The summed E-state index contributed by atoms with van der Waals surface area (Å²) in [5.41, 5.74) is 0. The second kappa shape index (κ2) is 5.57. The Balaban J connectivity index is 3.31. The monoisotopic (exact) mass is 173 g/mol. The van der Waals surface area contributed by atoms with Gasteiger partial charge >= 0.3 is 11.9 Å². The Morgan fingerprint density at radius 2 is 1.83 bits per heavy atom. The molecule has 0 aliphatic carbocycles. The number of carbonyl (C=O) groups is 2. The molecule has 1 atom stereocenters. The maximum Gasteiger partial charge on any atom is 0.306 e. The highest BCUT2D eigenvalue weighted by atomic mass is 16.4. The van der Waals surface area contributed by atoms with Gasteiger partial charge in [0.2, 0.25) is 0 Å². The van der Waals surface area contributed by atoms with Crippen molar-refractivity contribution in [1.29, 1.82) is 0 Å². The molecule has 2 N–H and O–H groups in total. The maximum atomic E-state index is 10.2. The lowest BCUT2D eigenvalue weighted by molar-refractivity contribution is -0.140. The topological polar surface area (TPSA) is 74.6 Å². The van der Waals surface area contributed by atoms with Gasteiger partial charge < -0.3 is 10.2 Å². The zero-order valence-electron chi connectivity index (χ0n) is 6.82. The Bertz CT molecular complexity index is 164. The number of carboxylic acids is 2. The third-order valence-corrected chi connectivity index (χ3v) is 1.54. The number of unbranched alkanes of at least 4 members (excludes halogenated alkanes) is 1. The number of rotatable bonds is 6. The standard InChI is InChI=1S/C8H13O4/c1-6(8(11)12)4-2-3-5-7(9)10/h6H,1-5H2,(H,9,10)(H,11,12). The van der Waals surface area contributed by atoms with Gasteiger partial charge in [-0.3, -0.25) is 9.59 Å². The predicted octanol–water partition coefficient (Wildman–Crippen LogP) is 1.17. The summed E-state index contributed by atoms with van der Waals surface area (Å²) >= 11 is 0. The summed E-state index contributed by atoms with van der Waals surface area (Å²) in [6, 6.07) is 0. The molecular weight excluding hydrogens is 160 g/mol. The largest absolute Gasteiger partial charge is 0.481 e. The third-order valence-electron chi connectivity index (χ3n) is 1.54. The van der Waals surface area contributed by atoms with E-state index >= 15 is 0 Å². The molecule has 0 spiro atoms. The van der Waals surface area contributed by atoms with Gasteiger partial charge in [-0.1, -0.05) is 6.42 Å². The van der Waals surface area contributed by atoms with Crippen LogP contribution in [0.3, 0.4) is 0 Å². The normalized spacial score (nSPS) is 12.4. The summed E-state index contributed by atoms with van der Waals surface area (Å²) in [7, 11) is 0. The molecule has 0 saturated carbocycles. The Labute approximate surface area is 71.2 Å². The van der Waals surface area contributed by atoms with Crippen LogP contribution in [-0.4, -0.2) is 22.2 Å². The lowest BCUT2D eigenvalue weighted by atomic mass is 10.0. The van der Waals surface area contributed by atoms with Crippen molar-refractivity contribution in [2.24, 2.45) is 5.92 Å². The fraction of sp³-hybridized carbons (Fsp3) is 0.625. The highest BCUT2D eigenvalue weighted by Crippen LogP contribution is 2.08. The zero-order valence-corrected chi connectivity index (χ0v) is 6.82. The van der Waals surface area contributed by atoms with E-state index in [1.54, 1.807) is 0 Å². The smallest absolute Gasteiger partial charge is 0.306 e. The van der Waals surface area contributed by atoms with Crippen LogP contribution in [0.4, 0.5) is 0 Å². The first kappa shape index (κ1) is 10.9. The zero-order chi connectivity index (χ0) is 9.56. The summed E-state index contributed by atoms with van der Waals surface area (Å²) in [5.74, 6) is -2.38. The number of hydrogen-bond donors (Lipinski definition) is 2. The average Bonchev–Trinajstić information content (AvgIpc) is 1.97. The van der Waals surface area contributed by atoms with Gasteiger partial charge in [-0.2, -0.15) is 0 Å². The van der Waals surface area contributed by atoms with Crippen molar-refractivity contribution in [3.05, 3.63) is 6.92 Å². The van der Waals surface area contributed by atoms with Crippen LogP contribution >= 0.6 is 0 Å². The van der Waals surface area contributed by atoms with Crippen molar-refractivity contribution in [2.75, 3.05) is 0 Å². The van der Waals surface area contributed by atoms with Gasteiger partial charge in [0.25, 0.3) is 0 Å². The van der Waals surface area contributed by atoms with E-state index < -0.39 is 17.9 Å². The summed E-state index contributed by atoms with van der Waals surface area (Å²) in [6.45, 7) is 3.41. The molecule has 0 aromatic carbocycles. The van der Waals surface area contributed by atoms with Crippen LogP contribution in [0.1, 0.15) is 25.7 Å². The summed E-state index contributed by atoms with van der Waals surface area (Å²) in [6.07, 6.45) is 1.68. The maximum absolute atomic E-state index is 10.2. The quantitative estimate of drug-likeness (QED) is 0.591. The molecule has 0 saturated heterocycles. The number of aliphatic carboxylic acids is 2. The Morgan fingerprint density at radius 1 is 1.25 bits per heavy atom. The second-order valence-electron chi connectivity index (χ2n) is 2.67. The Morgan fingerprint density at radius 3 is 2.25 bits per heavy atom. The first-order valence-corrected chi connectivity index (χ1v) is 3.81. The summed E-state index contributed by atoms with van der Waals surface area (Å²) in [4.78, 5) is 20.3. The second-order valence-corrected chi connectivity index (χ2v) is 2.67. The fourth-order valence-corrected chi connectivity index (χ4v) is 0.790. The van der Waals surface area contributed by atoms with Gasteiger partial charge in [0.15, 0.2) is 0 Å². The SMILES string of the molecule is [CH2]C(CCCCC(=O)O)C(=O)O. The van der Waals surface area contributed by atoms with E-state index in [0.717, 1.165) is 0 Å². The molecule has 0 aliphatic heterocycles. The van der Waals surface area contributed by atoms with Gasteiger partial charge in [-0.05, 0) is 19.8 Å². The van der Waals surface area contributed by atoms with E-state index in [0.29, 0.717) is 19.3 Å². The molecule has 12 heavy (non-hydrogen) atoms. The van der Waals surface area contributed by atoms with Crippen LogP contribution in [0.25, 0.3) is 0 Å². The van der Waals surface area contributed by atoms with E-state index in [-0.39, 0.29) is 6.42 Å². The molecule has 0 aromatic heterocycles. The lowest BCUT2D eigenvalue weighted by Crippen LogP contribution is -2.09. The van der Waals surface area contributed by atoms with Gasteiger partial charge in [0.05, 0.1) is 5.92 Å². The molecular formula is C8H13O4. The minimum absolute atomic E-state index is 0.104. The molecule has 4 nitrogen and oxygen atoms in total. The molecule has 0 rings (SSSR count). The third kappa shape index (κ3) is 5.70. The first-order valence-electron chi connectivity index (χ1n) is 3.81. The molecule has 1 radical (unpaired) electrons. The number of carboxylic acid groups (broad SMARTS) is 2. The molecule has 4 heteroatoms. The molecule has 69 valence electrons. The van der Waals surface area contributed by atoms with Crippen molar-refractivity contribution in [1.82, 2.24) is 0 Å². The van der Waals surface area contributed by atoms with E-state index in [1.165, 1.54) is 0 Å².